The van der Waals surface area contributed by atoms with Gasteiger partial charge in [0.25, 0.3) is 0 Å². The lowest BCUT2D eigenvalue weighted by Crippen LogP contribution is -2.47. The molecular formula is C12H19NO5. The van der Waals surface area contributed by atoms with Gasteiger partial charge in [-0.05, 0) is 33.6 Å². The number of aliphatic carboxylic acids is 1. The van der Waals surface area contributed by atoms with Gasteiger partial charge in [-0.15, -0.1) is 0 Å². The lowest BCUT2D eigenvalue weighted by atomic mass is 9.97. The van der Waals surface area contributed by atoms with Crippen molar-refractivity contribution in [2.75, 3.05) is 13.1 Å². The average Bonchev–Trinajstić information content (AvgIpc) is 2.17. The Hall–Kier alpha value is -1.59. The second kappa shape index (κ2) is 5.37. The zero-order chi connectivity index (χ0) is 13.9. The molecule has 0 spiro atoms. The van der Waals surface area contributed by atoms with Crippen molar-refractivity contribution >= 4 is 17.8 Å². The van der Waals surface area contributed by atoms with Crippen molar-refractivity contribution < 1.29 is 24.2 Å². The molecule has 1 N–H and O–H groups in total. The standard InChI is InChI=1S/C12H19NO5/c1-12(2,3)18-11(17)8-5-4-6-13(10(8)16)7-9(14)15/h8H,4-7H2,1-3H3,(H,14,15)/t8-/m0/s1. The number of carbonyl (C=O) groups excluding carboxylic acids is 2. The van der Waals surface area contributed by atoms with Crippen LogP contribution in [-0.2, 0) is 19.1 Å². The summed E-state index contributed by atoms with van der Waals surface area (Å²) in [4.78, 5) is 35.6. The Morgan fingerprint density at radius 2 is 2.06 bits per heavy atom. The number of esters is 1. The molecule has 1 heterocycles. The van der Waals surface area contributed by atoms with Crippen molar-refractivity contribution in [2.45, 2.75) is 39.2 Å². The lowest BCUT2D eigenvalue weighted by Gasteiger charge is -2.31. The van der Waals surface area contributed by atoms with Gasteiger partial charge in [-0.3, -0.25) is 14.4 Å². The summed E-state index contributed by atoms with van der Waals surface area (Å²) in [7, 11) is 0. The van der Waals surface area contributed by atoms with E-state index in [9.17, 15) is 14.4 Å². The van der Waals surface area contributed by atoms with Crippen molar-refractivity contribution in [1.82, 2.24) is 4.90 Å². The van der Waals surface area contributed by atoms with E-state index in [0.29, 0.717) is 19.4 Å². The van der Waals surface area contributed by atoms with E-state index in [1.807, 2.05) is 0 Å². The van der Waals surface area contributed by atoms with Crippen molar-refractivity contribution in [3.63, 3.8) is 0 Å². The van der Waals surface area contributed by atoms with Gasteiger partial charge in [-0.25, -0.2) is 0 Å². The molecular weight excluding hydrogens is 238 g/mol. The number of carboxylic acids is 1. The number of rotatable bonds is 3. The smallest absolute Gasteiger partial charge is 0.323 e. The van der Waals surface area contributed by atoms with E-state index in [2.05, 4.69) is 0 Å². The van der Waals surface area contributed by atoms with E-state index in [4.69, 9.17) is 9.84 Å². The van der Waals surface area contributed by atoms with Crippen LogP contribution in [0.1, 0.15) is 33.6 Å². The topological polar surface area (TPSA) is 83.9 Å². The Morgan fingerprint density at radius 1 is 1.44 bits per heavy atom. The Bertz CT molecular complexity index is 358. The molecule has 0 aromatic carbocycles. The molecule has 0 radical (unpaired) electrons. The zero-order valence-electron chi connectivity index (χ0n) is 10.9. The third kappa shape index (κ3) is 4.01. The van der Waals surface area contributed by atoms with Gasteiger partial charge in [-0.2, -0.15) is 0 Å². The van der Waals surface area contributed by atoms with E-state index >= 15 is 0 Å². The van der Waals surface area contributed by atoms with Gasteiger partial charge in [0.1, 0.15) is 18.1 Å². The fourth-order valence-electron chi connectivity index (χ4n) is 1.85. The van der Waals surface area contributed by atoms with Gasteiger partial charge in [0.05, 0.1) is 0 Å². The molecule has 1 aliphatic rings. The monoisotopic (exact) mass is 257 g/mol. The van der Waals surface area contributed by atoms with Crippen LogP contribution in [0, 0.1) is 5.92 Å². The first-order valence-electron chi connectivity index (χ1n) is 5.94. The Balaban J connectivity index is 2.68. The van der Waals surface area contributed by atoms with Gasteiger partial charge < -0.3 is 14.7 Å². The summed E-state index contributed by atoms with van der Waals surface area (Å²) in [6.07, 6.45) is 1.03. The summed E-state index contributed by atoms with van der Waals surface area (Å²) in [5.41, 5.74) is -0.646. The van der Waals surface area contributed by atoms with Gasteiger partial charge >= 0.3 is 11.9 Å². The number of amides is 1. The molecule has 0 bridgehead atoms. The average molecular weight is 257 g/mol. The van der Waals surface area contributed by atoms with Crippen molar-refractivity contribution in [1.29, 1.82) is 0 Å². The fourth-order valence-corrected chi connectivity index (χ4v) is 1.85. The summed E-state index contributed by atoms with van der Waals surface area (Å²) in [5.74, 6) is -2.95. The maximum atomic E-state index is 12.0. The normalized spacial score (nSPS) is 20.7. The number of nitrogens with zero attached hydrogens (tertiary/aromatic N) is 1. The molecule has 0 aliphatic carbocycles. The van der Waals surface area contributed by atoms with Crippen LogP contribution < -0.4 is 0 Å². The zero-order valence-corrected chi connectivity index (χ0v) is 10.9. The number of hydrogen-bond donors (Lipinski definition) is 1. The van der Waals surface area contributed by atoms with E-state index in [0.717, 1.165) is 0 Å². The summed E-state index contributed by atoms with van der Waals surface area (Å²) >= 11 is 0. The highest BCUT2D eigenvalue weighted by atomic mass is 16.6. The summed E-state index contributed by atoms with van der Waals surface area (Å²) in [6.45, 7) is 5.20. The van der Waals surface area contributed by atoms with Crippen LogP contribution in [-0.4, -0.2) is 46.5 Å². The van der Waals surface area contributed by atoms with Crippen LogP contribution in [0.4, 0.5) is 0 Å². The number of hydrogen-bond acceptors (Lipinski definition) is 4. The number of piperidine rings is 1. The molecule has 1 aliphatic heterocycles. The Labute approximate surface area is 106 Å². The SMILES string of the molecule is CC(C)(C)OC(=O)[C@H]1CCCN(CC(=O)O)C1=O. The Morgan fingerprint density at radius 3 is 2.56 bits per heavy atom. The van der Waals surface area contributed by atoms with Crippen molar-refractivity contribution in [3.05, 3.63) is 0 Å². The predicted molar refractivity (Wildman–Crippen MR) is 62.8 cm³/mol. The maximum absolute atomic E-state index is 12.0. The number of likely N-dealkylation sites (tertiary alicyclic amines) is 1. The van der Waals surface area contributed by atoms with E-state index < -0.39 is 29.4 Å². The highest BCUT2D eigenvalue weighted by molar-refractivity contribution is 5.99. The molecule has 0 aromatic rings. The summed E-state index contributed by atoms with van der Waals surface area (Å²) in [6, 6.07) is 0. The van der Waals surface area contributed by atoms with Crippen molar-refractivity contribution in [2.24, 2.45) is 5.92 Å². The largest absolute Gasteiger partial charge is 0.480 e. The number of carboxylic acid groups (broad SMARTS) is 1. The van der Waals surface area contributed by atoms with Gasteiger partial charge in [0.2, 0.25) is 5.91 Å². The van der Waals surface area contributed by atoms with Crippen LogP contribution in [0.5, 0.6) is 0 Å². The lowest BCUT2D eigenvalue weighted by molar-refractivity contribution is -0.168. The molecule has 1 atom stereocenters. The van der Waals surface area contributed by atoms with E-state index in [-0.39, 0.29) is 6.54 Å². The van der Waals surface area contributed by atoms with Crippen LogP contribution in [0.15, 0.2) is 0 Å². The Kier molecular flexibility index (Phi) is 4.32. The highest BCUT2D eigenvalue weighted by Crippen LogP contribution is 2.21. The third-order valence-corrected chi connectivity index (χ3v) is 2.55. The highest BCUT2D eigenvalue weighted by Gasteiger charge is 2.37. The molecule has 1 saturated heterocycles. The minimum Gasteiger partial charge on any atom is -0.480 e. The van der Waals surface area contributed by atoms with Gasteiger partial charge in [-0.1, -0.05) is 0 Å². The first-order chi connectivity index (χ1) is 8.20. The van der Waals surface area contributed by atoms with Gasteiger partial charge in [0.15, 0.2) is 0 Å². The molecule has 18 heavy (non-hydrogen) atoms. The fraction of sp³-hybridized carbons (Fsp3) is 0.750. The summed E-state index contributed by atoms with van der Waals surface area (Å²) in [5, 5.41) is 8.68. The molecule has 0 unspecified atom stereocenters. The molecule has 6 nitrogen and oxygen atoms in total. The molecule has 1 fully saturated rings. The predicted octanol–water partition coefficient (Wildman–Crippen LogP) is 0.651. The van der Waals surface area contributed by atoms with Gasteiger partial charge in [0, 0.05) is 6.54 Å². The first kappa shape index (κ1) is 14.5. The molecule has 1 rings (SSSR count). The molecule has 1 amide bonds. The molecule has 0 saturated carbocycles. The number of carbonyl (C=O) groups is 3. The van der Waals surface area contributed by atoms with Crippen molar-refractivity contribution in [3.8, 4) is 0 Å². The molecule has 0 aromatic heterocycles. The minimum absolute atomic E-state index is 0.363. The quantitative estimate of drug-likeness (QED) is 0.593. The van der Waals surface area contributed by atoms with Crippen LogP contribution >= 0.6 is 0 Å². The second-order valence-corrected chi connectivity index (χ2v) is 5.38. The third-order valence-electron chi connectivity index (χ3n) is 2.55. The second-order valence-electron chi connectivity index (χ2n) is 5.38. The number of ether oxygens (including phenoxy) is 1. The van der Waals surface area contributed by atoms with Crippen LogP contribution in [0.2, 0.25) is 0 Å². The first-order valence-corrected chi connectivity index (χ1v) is 5.94. The molecule has 102 valence electrons. The van der Waals surface area contributed by atoms with E-state index in [1.54, 1.807) is 20.8 Å². The van der Waals surface area contributed by atoms with Crippen LogP contribution in [0.25, 0.3) is 0 Å². The van der Waals surface area contributed by atoms with E-state index in [1.165, 1.54) is 4.90 Å². The molecule has 6 heteroatoms. The van der Waals surface area contributed by atoms with Crippen LogP contribution in [0.3, 0.4) is 0 Å². The summed E-state index contributed by atoms with van der Waals surface area (Å²) < 4.78 is 5.17. The minimum atomic E-state index is -1.08. The maximum Gasteiger partial charge on any atom is 0.323 e.